The van der Waals surface area contributed by atoms with Crippen LogP contribution in [0.3, 0.4) is 0 Å². The Bertz CT molecular complexity index is 2360. The molecule has 5 aliphatic rings. The second-order valence-corrected chi connectivity index (χ2v) is 17.4. The highest BCUT2D eigenvalue weighted by Gasteiger charge is 2.57. The van der Waals surface area contributed by atoms with Gasteiger partial charge in [0.05, 0.1) is 5.69 Å². The molecule has 5 aliphatic carbocycles. The smallest absolute Gasteiger partial charge is 0.0540 e. The van der Waals surface area contributed by atoms with E-state index in [0.717, 1.165) is 5.92 Å². The fourth-order valence-corrected chi connectivity index (χ4v) is 12.8. The molecule has 268 valence electrons. The van der Waals surface area contributed by atoms with Crippen LogP contribution in [0.2, 0.25) is 0 Å². The molecular weight excluding hydrogens is 651 g/mol. The summed E-state index contributed by atoms with van der Waals surface area (Å²) in [5, 5.41) is 0. The van der Waals surface area contributed by atoms with E-state index in [1.807, 2.05) is 0 Å². The van der Waals surface area contributed by atoms with Crippen molar-refractivity contribution in [1.29, 1.82) is 0 Å². The summed E-state index contributed by atoms with van der Waals surface area (Å²) in [5.74, 6) is 2.24. The molecule has 1 nitrogen and oxygen atoms in total. The monoisotopic (exact) mass is 701 g/mol. The molecule has 0 N–H and O–H groups in total. The first kappa shape index (κ1) is 32.5. The maximum absolute atomic E-state index is 2.67. The molecule has 54 heavy (non-hydrogen) atoms. The minimum absolute atomic E-state index is 0.0994. The van der Waals surface area contributed by atoms with E-state index >= 15 is 0 Å². The Morgan fingerprint density at radius 1 is 0.500 bits per heavy atom. The number of hydrogen-bond acceptors (Lipinski definition) is 1. The van der Waals surface area contributed by atoms with E-state index in [1.54, 1.807) is 22.3 Å². The maximum atomic E-state index is 2.67. The molecule has 0 aromatic heterocycles. The number of nitrogens with zero attached hydrogens (tertiary/aromatic N) is 1. The lowest BCUT2D eigenvalue weighted by Gasteiger charge is -2.55. The molecule has 3 saturated carbocycles. The molecule has 3 fully saturated rings. The van der Waals surface area contributed by atoms with Crippen LogP contribution in [0.25, 0.3) is 33.4 Å². The zero-order valence-electron chi connectivity index (χ0n) is 31.7. The van der Waals surface area contributed by atoms with E-state index in [2.05, 4.69) is 151 Å². The zero-order chi connectivity index (χ0) is 35.9. The van der Waals surface area contributed by atoms with Crippen LogP contribution in [0.4, 0.5) is 17.1 Å². The largest absolute Gasteiger partial charge is 0.310 e. The molecule has 6 aromatic carbocycles. The fraction of sp³-hybridized carbons (Fsp3) is 0.321. The Morgan fingerprint density at radius 2 is 1.06 bits per heavy atom. The third-order valence-corrected chi connectivity index (χ3v) is 15.0. The lowest BCUT2D eigenvalue weighted by Crippen LogP contribution is -2.49. The SMILES string of the molecule is CCC1CC2CCCC(C1)C21c2ccccc2-c2ccc(N(c3ccc4c(c3)C3(CCCCC3)c3ccccc3-4)c3ccccc3-c3ccccc3)cc21. The summed E-state index contributed by atoms with van der Waals surface area (Å²) in [4.78, 5) is 2.63. The number of anilines is 3. The predicted molar refractivity (Wildman–Crippen MR) is 226 cm³/mol. The second kappa shape index (κ2) is 12.6. The highest BCUT2D eigenvalue weighted by molar-refractivity contribution is 5.92. The first-order valence-electron chi connectivity index (χ1n) is 21.1. The summed E-state index contributed by atoms with van der Waals surface area (Å²) in [6.45, 7) is 2.43. The van der Waals surface area contributed by atoms with Crippen LogP contribution in [0.1, 0.15) is 99.8 Å². The lowest BCUT2D eigenvalue weighted by molar-refractivity contribution is 0.0492. The van der Waals surface area contributed by atoms with Crippen LogP contribution in [0, 0.1) is 17.8 Å². The predicted octanol–water partition coefficient (Wildman–Crippen LogP) is 14.6. The van der Waals surface area contributed by atoms with Crippen molar-refractivity contribution in [2.75, 3.05) is 4.90 Å². The third-order valence-electron chi connectivity index (χ3n) is 15.0. The maximum Gasteiger partial charge on any atom is 0.0540 e. The molecule has 0 radical (unpaired) electrons. The van der Waals surface area contributed by atoms with Gasteiger partial charge in [0.25, 0.3) is 0 Å². The van der Waals surface area contributed by atoms with Crippen molar-refractivity contribution < 1.29 is 0 Å². The van der Waals surface area contributed by atoms with Crippen molar-refractivity contribution in [2.45, 2.75) is 88.4 Å². The quantitative estimate of drug-likeness (QED) is 0.173. The van der Waals surface area contributed by atoms with Crippen molar-refractivity contribution in [3.63, 3.8) is 0 Å². The van der Waals surface area contributed by atoms with E-state index in [9.17, 15) is 0 Å². The molecule has 11 rings (SSSR count). The first-order valence-corrected chi connectivity index (χ1v) is 21.1. The molecule has 2 bridgehead atoms. The summed E-state index contributed by atoms with van der Waals surface area (Å²) < 4.78 is 0. The summed E-state index contributed by atoms with van der Waals surface area (Å²) in [6, 6.07) is 54.1. The van der Waals surface area contributed by atoms with Gasteiger partial charge < -0.3 is 4.90 Å². The Morgan fingerprint density at radius 3 is 1.76 bits per heavy atom. The van der Waals surface area contributed by atoms with E-state index < -0.39 is 0 Å². The van der Waals surface area contributed by atoms with E-state index in [-0.39, 0.29) is 10.8 Å². The van der Waals surface area contributed by atoms with Gasteiger partial charge in [-0.15, -0.1) is 0 Å². The Kier molecular flexibility index (Phi) is 7.59. The Labute approximate surface area is 322 Å². The minimum Gasteiger partial charge on any atom is -0.310 e. The molecule has 1 heteroatoms. The highest BCUT2D eigenvalue weighted by Crippen LogP contribution is 2.66. The topological polar surface area (TPSA) is 3.24 Å². The standard InChI is InChI=1S/C53H51N/c1-2-36-32-38-18-15-19-39(33-36)53(38)48-24-11-8-22-44(48)46-29-27-41(35-50(46)53)54(51-25-12-9-20-42(51)37-16-5-3-6-17-37)40-26-28-45-43-21-7-10-23-47(43)52(49(45)34-40)30-13-4-14-31-52/h3,5-12,16-17,20-29,34-36,38-39H,2,4,13-15,18-19,30-33H2,1H3. The van der Waals surface area contributed by atoms with E-state index in [1.165, 1.54) is 121 Å². The van der Waals surface area contributed by atoms with Gasteiger partial charge in [-0.3, -0.25) is 0 Å². The fourth-order valence-electron chi connectivity index (χ4n) is 12.8. The van der Waals surface area contributed by atoms with Gasteiger partial charge in [-0.25, -0.2) is 0 Å². The van der Waals surface area contributed by atoms with Crippen LogP contribution < -0.4 is 4.90 Å². The number of hydrogen-bond donors (Lipinski definition) is 0. The van der Waals surface area contributed by atoms with Crippen molar-refractivity contribution in [3.05, 3.63) is 162 Å². The summed E-state index contributed by atoms with van der Waals surface area (Å²) in [7, 11) is 0. The van der Waals surface area contributed by atoms with Gasteiger partial charge in [-0.1, -0.05) is 148 Å². The van der Waals surface area contributed by atoms with Crippen LogP contribution in [0.5, 0.6) is 0 Å². The number of rotatable bonds is 5. The van der Waals surface area contributed by atoms with Gasteiger partial charge in [0.2, 0.25) is 0 Å². The molecule has 2 spiro atoms. The molecular formula is C53H51N. The van der Waals surface area contributed by atoms with Crippen molar-refractivity contribution in [3.8, 4) is 33.4 Å². The molecule has 0 aliphatic heterocycles. The van der Waals surface area contributed by atoms with Crippen molar-refractivity contribution in [2.24, 2.45) is 17.8 Å². The average molecular weight is 702 g/mol. The molecule has 6 aromatic rings. The second-order valence-electron chi connectivity index (χ2n) is 17.4. The van der Waals surface area contributed by atoms with Crippen LogP contribution in [-0.4, -0.2) is 0 Å². The van der Waals surface area contributed by atoms with E-state index in [4.69, 9.17) is 0 Å². The summed E-state index contributed by atoms with van der Waals surface area (Å²) in [6.07, 6.45) is 14.5. The van der Waals surface area contributed by atoms with Crippen LogP contribution in [-0.2, 0) is 10.8 Å². The Hall–Kier alpha value is -4.88. The number of fused-ring (bicyclic) bond motifs is 8. The van der Waals surface area contributed by atoms with Gasteiger partial charge >= 0.3 is 0 Å². The van der Waals surface area contributed by atoms with Crippen molar-refractivity contribution in [1.82, 2.24) is 0 Å². The molecule has 2 unspecified atom stereocenters. The number of benzene rings is 6. The third kappa shape index (κ3) is 4.57. The van der Waals surface area contributed by atoms with Gasteiger partial charge in [0, 0.05) is 27.8 Å². The highest BCUT2D eigenvalue weighted by atomic mass is 15.1. The van der Waals surface area contributed by atoms with Crippen LogP contribution >= 0.6 is 0 Å². The molecule has 0 heterocycles. The molecule has 0 saturated heterocycles. The number of para-hydroxylation sites is 1. The van der Waals surface area contributed by atoms with Gasteiger partial charge in [-0.05, 0) is 137 Å². The van der Waals surface area contributed by atoms with Crippen molar-refractivity contribution >= 4 is 17.1 Å². The first-order chi connectivity index (χ1) is 26.7. The molecule has 2 atom stereocenters. The van der Waals surface area contributed by atoms with Gasteiger partial charge in [0.15, 0.2) is 0 Å². The van der Waals surface area contributed by atoms with Gasteiger partial charge in [-0.2, -0.15) is 0 Å². The minimum atomic E-state index is 0.0994. The zero-order valence-corrected chi connectivity index (χ0v) is 31.7. The summed E-state index contributed by atoms with van der Waals surface area (Å²) in [5.41, 5.74) is 18.7. The normalized spacial score (nSPS) is 24.1. The lowest BCUT2D eigenvalue weighted by atomic mass is 9.49. The van der Waals surface area contributed by atoms with Gasteiger partial charge in [0.1, 0.15) is 0 Å². The Balaban J connectivity index is 1.15. The summed E-state index contributed by atoms with van der Waals surface area (Å²) >= 11 is 0. The van der Waals surface area contributed by atoms with E-state index in [0.29, 0.717) is 11.8 Å². The molecule has 0 amide bonds. The average Bonchev–Trinajstić information content (AvgIpc) is 3.65. The van der Waals surface area contributed by atoms with Crippen LogP contribution in [0.15, 0.2) is 140 Å².